The number of ketones is 4. The molecule has 5 saturated heterocycles. The van der Waals surface area contributed by atoms with Crippen LogP contribution in [0.25, 0.3) is 0 Å². The number of likely N-dealkylation sites (tertiary alicyclic amines) is 1. The number of likely N-dealkylation sites (N-methyl/N-ethyl adjacent to an activating group) is 5. The maximum Gasteiger partial charge on any atom is 0.416 e. The summed E-state index contributed by atoms with van der Waals surface area (Å²) in [6.07, 6.45) is -20.5. The molecule has 0 radical (unpaired) electrons. The van der Waals surface area contributed by atoms with Gasteiger partial charge in [0.2, 0.25) is 0 Å². The van der Waals surface area contributed by atoms with Gasteiger partial charge in [-0.3, -0.25) is 58.1 Å². The Balaban J connectivity index is 0.000000268. The van der Waals surface area contributed by atoms with Gasteiger partial charge in [-0.2, -0.15) is 65.9 Å². The van der Waals surface area contributed by atoms with Crippen LogP contribution in [-0.4, -0.2) is 273 Å². The van der Waals surface area contributed by atoms with E-state index in [1.807, 2.05) is 127 Å². The van der Waals surface area contributed by atoms with Gasteiger partial charge in [-0.25, -0.2) is 0 Å². The number of carbonyl (C=O) groups excluding carboxylic acids is 7. The van der Waals surface area contributed by atoms with Crippen molar-refractivity contribution in [1.82, 2.24) is 64.9 Å². The van der Waals surface area contributed by atoms with Crippen LogP contribution in [0.5, 0.6) is 0 Å². The normalized spacial score (nSPS) is 16.4. The molecular weight excluding hydrogens is 1950 g/mol. The highest BCUT2D eigenvalue weighted by Gasteiger charge is 2.41. The molecule has 3 N–H and O–H groups in total. The number of aryl methyl sites for hydroxylation is 2. The summed E-state index contributed by atoms with van der Waals surface area (Å²) in [5.74, 6) is -1.19. The highest BCUT2D eigenvalue weighted by Crippen LogP contribution is 2.40. The molecule has 7 aromatic carbocycles. The SMILES string of the molecule is CC(C)C(=O)Cc1ccc(CN2CCN(C)CC2)c(C(F)(F)F)c1.CC(C)C(=O)Cc1ccc(CN2CC[C@H](N(C)C)C2)c(C(F)(F)F)c1.CC(C)NC(=O)c1ccc(CN2CCN(C)CC2)c(C(F)(F)F)c1.CCN1CCN(Cc2ccc(C(=O)NC(C)C)cc2C(F)(F)F)CC1.CCN1CCN(Cc2ccc(CC(=O)C(C)C)cc2C(F)(F)F)CC1.Cc1cccc(C(=O)NC(C)C)c1.Cc1cccc(CC(=O)C(C)C)c1. The van der Waals surface area contributed by atoms with E-state index >= 15 is 0 Å². The number of amides is 3. The van der Waals surface area contributed by atoms with Crippen LogP contribution in [0.15, 0.2) is 140 Å². The molecule has 5 fully saturated rings. The monoisotopic (exact) mass is 2110 g/mol. The van der Waals surface area contributed by atoms with Gasteiger partial charge in [0.05, 0.1) is 27.8 Å². The van der Waals surface area contributed by atoms with Gasteiger partial charge in [0.1, 0.15) is 23.1 Å². The van der Waals surface area contributed by atoms with Crippen molar-refractivity contribution in [3.63, 3.8) is 0 Å². The third-order valence-electron chi connectivity index (χ3n) is 26.5. The molecule has 149 heavy (non-hydrogen) atoms. The van der Waals surface area contributed by atoms with Crippen LogP contribution >= 0.6 is 0 Å². The lowest BCUT2D eigenvalue weighted by molar-refractivity contribution is -0.139. The summed E-state index contributed by atoms with van der Waals surface area (Å²) < 4.78 is 202. The van der Waals surface area contributed by atoms with E-state index in [9.17, 15) is 99.4 Å². The topological polar surface area (TPSA) is 188 Å². The predicted octanol–water partition coefficient (Wildman–Crippen LogP) is 20.9. The highest BCUT2D eigenvalue weighted by atomic mass is 19.4. The van der Waals surface area contributed by atoms with E-state index in [4.69, 9.17) is 0 Å². The number of Topliss-reactive ketones (excluding diaryl/α,β-unsaturated/α-hetero) is 4. The third kappa shape index (κ3) is 45.2. The lowest BCUT2D eigenvalue weighted by atomic mass is 9.96. The molecule has 0 unspecified atom stereocenters. The number of piperazine rings is 4. The average Bonchev–Trinajstić information content (AvgIpc) is 1.59. The zero-order chi connectivity index (χ0) is 112. The van der Waals surface area contributed by atoms with Crippen molar-refractivity contribution in [3.8, 4) is 0 Å². The summed E-state index contributed by atoms with van der Waals surface area (Å²) in [7, 11) is 8.01. The predicted molar refractivity (Wildman–Crippen MR) is 559 cm³/mol. The van der Waals surface area contributed by atoms with Gasteiger partial charge >= 0.3 is 30.9 Å². The van der Waals surface area contributed by atoms with Gasteiger partial charge in [-0.15, -0.1) is 0 Å². The number of hydrogen-bond donors (Lipinski definition) is 3. The minimum Gasteiger partial charge on any atom is -0.350 e. The van der Waals surface area contributed by atoms with Crippen LogP contribution in [0.1, 0.15) is 237 Å². The Kier molecular flexibility index (Phi) is 51.5. The van der Waals surface area contributed by atoms with Gasteiger partial charge in [-0.05, 0) is 208 Å². The molecule has 0 aliphatic carbocycles. The molecule has 0 aromatic heterocycles. The van der Waals surface area contributed by atoms with Crippen LogP contribution in [0, 0.1) is 37.5 Å². The van der Waals surface area contributed by atoms with Crippen molar-refractivity contribution < 1.29 is 99.4 Å². The molecule has 5 aliphatic heterocycles. The van der Waals surface area contributed by atoms with Crippen molar-refractivity contribution >= 4 is 40.9 Å². The Morgan fingerprint density at radius 2 is 0.544 bits per heavy atom. The average molecular weight is 2110 g/mol. The molecular formula is C114H160F15N13O7. The zero-order valence-corrected chi connectivity index (χ0v) is 91.1. The fraction of sp³-hybridized carbons (Fsp3) is 0.570. The van der Waals surface area contributed by atoms with Gasteiger partial charge in [-0.1, -0.05) is 165 Å². The Bertz CT molecular complexity index is 5370. The second-order valence-corrected chi connectivity index (χ2v) is 41.9. The summed E-state index contributed by atoms with van der Waals surface area (Å²) in [6, 6.07) is 36.8. The minimum absolute atomic E-state index is 0.00120. The molecule has 3 amide bonds. The minimum atomic E-state index is -4.48. The van der Waals surface area contributed by atoms with Crippen LogP contribution in [0.2, 0.25) is 0 Å². The Hall–Kier alpha value is -9.82. The number of benzene rings is 7. The van der Waals surface area contributed by atoms with Gasteiger partial charge < -0.3 is 40.4 Å². The van der Waals surface area contributed by atoms with Gasteiger partial charge in [0, 0.05) is 241 Å². The summed E-state index contributed by atoms with van der Waals surface area (Å²) >= 11 is 0. The number of nitrogens with zero attached hydrogens (tertiary/aromatic N) is 10. The quantitative estimate of drug-likeness (QED) is 0.0348. The first-order valence-corrected chi connectivity index (χ1v) is 51.7. The first kappa shape index (κ1) is 128. The van der Waals surface area contributed by atoms with E-state index < -0.39 is 70.5 Å². The zero-order valence-electron chi connectivity index (χ0n) is 91.1. The molecule has 20 nitrogen and oxygen atoms in total. The third-order valence-corrected chi connectivity index (χ3v) is 26.5. The largest absolute Gasteiger partial charge is 0.416 e. The second kappa shape index (κ2) is 60.0. The lowest BCUT2D eigenvalue weighted by Crippen LogP contribution is -2.45. The van der Waals surface area contributed by atoms with Gasteiger partial charge in [0.25, 0.3) is 17.7 Å². The highest BCUT2D eigenvalue weighted by molar-refractivity contribution is 5.96. The van der Waals surface area contributed by atoms with Crippen molar-refractivity contribution in [2.24, 2.45) is 23.7 Å². The number of nitrogens with one attached hydrogen (secondary N) is 3. The number of alkyl halides is 15. The number of carbonyl (C=O) groups is 7. The van der Waals surface area contributed by atoms with Crippen LogP contribution in [-0.2, 0) is 108 Å². The van der Waals surface area contributed by atoms with Gasteiger partial charge in [0.15, 0.2) is 0 Å². The summed E-state index contributed by atoms with van der Waals surface area (Å²) in [5.41, 5.74) is 3.57. The smallest absolute Gasteiger partial charge is 0.350 e. The molecule has 7 aromatic rings. The van der Waals surface area contributed by atoms with E-state index in [0.29, 0.717) is 48.0 Å². The van der Waals surface area contributed by atoms with E-state index in [2.05, 4.69) is 70.2 Å². The van der Waals surface area contributed by atoms with Crippen LogP contribution in [0.4, 0.5) is 65.9 Å². The standard InChI is InChI=1S/2C19H27F3N2O.C18H26F3N3O.C18H25F3N2O.C17H24F3N3O.C12H16O.C11H15NO/c1-13(2)18(25)10-14-5-6-15(17(9-14)19(20,21)22)11-24-8-7-16(12-24)23(3)4;1-4-23-7-9-24(10-8-23)13-16-6-5-15(12-18(25)14(2)3)11-17(16)19(20,21)22;1-4-23-7-9-24(10-8-23)12-15-6-5-14(17(25)22-13(2)3)11-16(15)18(19,20)21;1-13(2)17(24)11-14-4-5-15(16(10-14)18(19,20)21)12-23-8-6-22(3)7-9-23;1-12(2)21-16(24)13-4-5-14(15(10-13)17(18,19)20)11-23-8-6-22(3)7-9-23;1-9(2)12(13)8-11-6-4-5-10(3)7-11;1-8(2)12-11(13)10-6-4-5-9(3)7-10/h5-6,9,13,16H,7-8,10-12H2,1-4H3;5-6,11,14H,4,7-10,12-13H2,1-3H3;5-6,11,13H,4,7-10,12H2,1-3H3,(H,22,25);4-5,10,13H,6-9,11-12H2,1-3H3;4-5,10,12H,6-9,11H2,1-3H3,(H,21,24);4-7,9H,8H2,1-3H3;4-8H,1-3H3,(H,12,13)/t16-;;;;;;/m0....../s1. The van der Waals surface area contributed by atoms with Crippen molar-refractivity contribution in [2.75, 3.05) is 159 Å². The number of hydrogen-bond acceptors (Lipinski definition) is 17. The molecule has 0 bridgehead atoms. The first-order valence-electron chi connectivity index (χ1n) is 51.7. The van der Waals surface area contributed by atoms with Crippen molar-refractivity contribution in [3.05, 3.63) is 245 Å². The maximum absolute atomic E-state index is 13.5. The lowest BCUT2D eigenvalue weighted by Gasteiger charge is -2.34. The summed E-state index contributed by atoms with van der Waals surface area (Å²) in [6.45, 7) is 51.5. The number of rotatable bonds is 31. The van der Waals surface area contributed by atoms with E-state index in [-0.39, 0.29) is 143 Å². The number of halogens is 15. The molecule has 5 aliphatic rings. The molecule has 5 heterocycles. The van der Waals surface area contributed by atoms with E-state index in [1.165, 1.54) is 48.0 Å². The fourth-order valence-electron chi connectivity index (χ4n) is 17.0. The fourth-order valence-corrected chi connectivity index (χ4v) is 17.0. The Labute approximate surface area is 873 Å². The second-order valence-electron chi connectivity index (χ2n) is 41.9. The molecule has 1 atom stereocenters. The maximum atomic E-state index is 13.5. The summed E-state index contributed by atoms with van der Waals surface area (Å²) in [5, 5.41) is 8.10. The summed E-state index contributed by atoms with van der Waals surface area (Å²) in [4.78, 5) is 104. The van der Waals surface area contributed by atoms with Crippen LogP contribution in [0.3, 0.4) is 0 Å². The van der Waals surface area contributed by atoms with E-state index in [1.54, 1.807) is 87.4 Å². The first-order chi connectivity index (χ1) is 69.5. The van der Waals surface area contributed by atoms with Crippen molar-refractivity contribution in [2.45, 2.75) is 245 Å². The van der Waals surface area contributed by atoms with E-state index in [0.717, 1.165) is 184 Å². The molecule has 12 rings (SSSR count). The Morgan fingerprint density at radius 1 is 0.302 bits per heavy atom. The molecule has 0 saturated carbocycles. The van der Waals surface area contributed by atoms with Crippen LogP contribution < -0.4 is 16.0 Å². The molecule has 35 heteroatoms. The molecule has 828 valence electrons. The van der Waals surface area contributed by atoms with Crippen molar-refractivity contribution in [1.29, 1.82) is 0 Å². The Morgan fingerprint density at radius 3 is 0.792 bits per heavy atom. The molecule has 0 spiro atoms.